The van der Waals surface area contributed by atoms with Crippen LogP contribution in [0.4, 0.5) is 0 Å². The van der Waals surface area contributed by atoms with Crippen molar-refractivity contribution in [2.24, 2.45) is 11.7 Å². The summed E-state index contributed by atoms with van der Waals surface area (Å²) in [7, 11) is 0. The van der Waals surface area contributed by atoms with Crippen LogP contribution in [-0.2, 0) is 24.2 Å². The van der Waals surface area contributed by atoms with Gasteiger partial charge in [0.2, 0.25) is 5.91 Å². The number of fused-ring (bicyclic) bond motifs is 1. The lowest BCUT2D eigenvalue weighted by Crippen LogP contribution is -2.37. The van der Waals surface area contributed by atoms with E-state index in [0.717, 1.165) is 44.1 Å². The van der Waals surface area contributed by atoms with Crippen LogP contribution in [0.5, 0.6) is 0 Å². The van der Waals surface area contributed by atoms with E-state index in [1.54, 1.807) is 0 Å². The van der Waals surface area contributed by atoms with E-state index in [1.165, 1.54) is 17.7 Å². The molecule has 0 aromatic carbocycles. The number of nitrogens with two attached hydrogens (primary N) is 1. The topological polar surface area (TPSA) is 68.0 Å². The van der Waals surface area contributed by atoms with Crippen LogP contribution in [0, 0.1) is 5.92 Å². The molecule has 22 heavy (non-hydrogen) atoms. The van der Waals surface area contributed by atoms with Gasteiger partial charge in [0.1, 0.15) is 0 Å². The van der Waals surface area contributed by atoms with Crippen LogP contribution in [-0.4, -0.2) is 16.9 Å². The summed E-state index contributed by atoms with van der Waals surface area (Å²) in [4.78, 5) is 16.7. The number of pyridine rings is 1. The van der Waals surface area contributed by atoms with Gasteiger partial charge in [0.25, 0.3) is 0 Å². The molecule has 0 unspecified atom stereocenters. The zero-order valence-electron chi connectivity index (χ0n) is 12.7. The van der Waals surface area contributed by atoms with Crippen LogP contribution in [0.2, 0.25) is 0 Å². The van der Waals surface area contributed by atoms with Gasteiger partial charge in [0.05, 0.1) is 0 Å². The number of hydrogen-bond acceptors (Lipinski definition) is 3. The van der Waals surface area contributed by atoms with Gasteiger partial charge in [-0.2, -0.15) is 0 Å². The molecule has 1 amide bonds. The molecule has 2 atom stereocenters. The van der Waals surface area contributed by atoms with Gasteiger partial charge in [-0.05, 0) is 49.7 Å². The molecule has 2 aliphatic rings. The van der Waals surface area contributed by atoms with Crippen LogP contribution in [0.3, 0.4) is 0 Å². The number of nitrogens with one attached hydrogen (secondary N) is 1. The van der Waals surface area contributed by atoms with Crippen LogP contribution in [0.25, 0.3) is 0 Å². The minimum Gasteiger partial charge on any atom is -0.352 e. The third-order valence-corrected chi connectivity index (χ3v) is 4.53. The number of rotatable bonds is 3. The second-order valence-corrected chi connectivity index (χ2v) is 6.14. The number of carbonyl (C=O) groups excluding carboxylic acids is 1. The van der Waals surface area contributed by atoms with Crippen LogP contribution < -0.4 is 11.1 Å². The van der Waals surface area contributed by atoms with Gasteiger partial charge < -0.3 is 11.1 Å². The predicted octanol–water partition coefficient (Wildman–Crippen LogP) is 2.55. The minimum absolute atomic E-state index is 0. The molecule has 2 aliphatic carbocycles. The molecule has 0 aliphatic heterocycles. The van der Waals surface area contributed by atoms with Crippen molar-refractivity contribution >= 4 is 30.7 Å². The maximum atomic E-state index is 12.2. The maximum Gasteiger partial charge on any atom is 0.223 e. The van der Waals surface area contributed by atoms with Crippen molar-refractivity contribution in [2.45, 2.75) is 57.5 Å². The van der Waals surface area contributed by atoms with Crippen LogP contribution in [0.1, 0.15) is 48.9 Å². The van der Waals surface area contributed by atoms with Crippen molar-refractivity contribution in [1.82, 2.24) is 10.3 Å². The third kappa shape index (κ3) is 4.58. The number of amides is 1. The van der Waals surface area contributed by atoms with Crippen molar-refractivity contribution in [2.75, 3.05) is 0 Å². The number of aromatic nitrogens is 1. The van der Waals surface area contributed by atoms with Gasteiger partial charge in [-0.1, -0.05) is 12.5 Å². The largest absolute Gasteiger partial charge is 0.352 e. The molecule has 3 N–H and O–H groups in total. The maximum absolute atomic E-state index is 12.2. The molecule has 0 radical (unpaired) electrons. The number of halogens is 2. The Kier molecular flexibility index (Phi) is 7.60. The standard InChI is InChI=1S/C16H23N3O.2ClH/c17-14-5-1-4-13(8-14)16(20)19-10-11-7-12-3-2-6-15(12)18-9-11;;/h7,9,13-14H,1-6,8,10,17H2,(H,19,20);2*1H/t13-,14+;;/m1../s1. The van der Waals surface area contributed by atoms with Crippen LogP contribution in [0.15, 0.2) is 12.3 Å². The number of nitrogens with zero attached hydrogens (tertiary/aromatic N) is 1. The van der Waals surface area contributed by atoms with Gasteiger partial charge in [-0.15, -0.1) is 24.8 Å². The van der Waals surface area contributed by atoms with Crippen LogP contribution >= 0.6 is 24.8 Å². The highest BCUT2D eigenvalue weighted by Crippen LogP contribution is 2.23. The minimum atomic E-state index is 0. The van der Waals surface area contributed by atoms with E-state index in [-0.39, 0.29) is 42.7 Å². The van der Waals surface area contributed by atoms with Crippen molar-refractivity contribution in [3.05, 3.63) is 29.1 Å². The molecule has 1 heterocycles. The van der Waals surface area contributed by atoms with E-state index >= 15 is 0 Å². The Labute approximate surface area is 144 Å². The average molecular weight is 346 g/mol. The lowest BCUT2D eigenvalue weighted by atomic mass is 9.85. The van der Waals surface area contributed by atoms with E-state index in [0.29, 0.717) is 6.54 Å². The van der Waals surface area contributed by atoms with Crippen molar-refractivity contribution in [1.29, 1.82) is 0 Å². The average Bonchev–Trinajstić information content (AvgIpc) is 2.92. The summed E-state index contributed by atoms with van der Waals surface area (Å²) < 4.78 is 0. The van der Waals surface area contributed by atoms with E-state index in [2.05, 4.69) is 16.4 Å². The molecule has 124 valence electrons. The molecular formula is C16H25Cl2N3O. The molecule has 0 saturated heterocycles. The molecule has 1 aromatic rings. The SMILES string of the molecule is Cl.Cl.N[C@H]1CCC[C@@H](C(=O)NCc2cnc3c(c2)CCC3)C1. The number of hydrogen-bond donors (Lipinski definition) is 2. The monoisotopic (exact) mass is 345 g/mol. The molecule has 0 bridgehead atoms. The molecule has 1 aromatic heterocycles. The highest BCUT2D eigenvalue weighted by molar-refractivity contribution is 5.85. The lowest BCUT2D eigenvalue weighted by molar-refractivity contribution is -0.126. The summed E-state index contributed by atoms with van der Waals surface area (Å²) >= 11 is 0. The Morgan fingerprint density at radius 1 is 1.27 bits per heavy atom. The zero-order valence-corrected chi connectivity index (χ0v) is 14.3. The smallest absolute Gasteiger partial charge is 0.223 e. The van der Waals surface area contributed by atoms with Gasteiger partial charge >= 0.3 is 0 Å². The first-order valence-corrected chi connectivity index (χ1v) is 7.72. The van der Waals surface area contributed by atoms with Crippen molar-refractivity contribution < 1.29 is 4.79 Å². The Morgan fingerprint density at radius 3 is 2.86 bits per heavy atom. The van der Waals surface area contributed by atoms with Gasteiger partial charge in [-0.25, -0.2) is 0 Å². The highest BCUT2D eigenvalue weighted by Gasteiger charge is 2.25. The first kappa shape index (κ1) is 19.2. The summed E-state index contributed by atoms with van der Waals surface area (Å²) in [5, 5.41) is 3.05. The normalized spacial score (nSPS) is 23.0. The first-order valence-electron chi connectivity index (χ1n) is 7.72. The second kappa shape index (κ2) is 8.70. The lowest BCUT2D eigenvalue weighted by Gasteiger charge is -2.25. The Bertz CT molecular complexity index is 510. The summed E-state index contributed by atoms with van der Waals surface area (Å²) in [6.45, 7) is 0.588. The molecule has 6 heteroatoms. The van der Waals surface area contributed by atoms with Crippen molar-refractivity contribution in [3.63, 3.8) is 0 Å². The third-order valence-electron chi connectivity index (χ3n) is 4.53. The van der Waals surface area contributed by atoms with E-state index in [4.69, 9.17) is 5.73 Å². The summed E-state index contributed by atoms with van der Waals surface area (Å²) in [6.07, 6.45) is 9.26. The van der Waals surface area contributed by atoms with Crippen molar-refractivity contribution in [3.8, 4) is 0 Å². The quantitative estimate of drug-likeness (QED) is 0.884. The fourth-order valence-corrected chi connectivity index (χ4v) is 3.37. The molecule has 0 spiro atoms. The van der Waals surface area contributed by atoms with E-state index < -0.39 is 0 Å². The molecule has 3 rings (SSSR count). The number of aryl methyl sites for hydroxylation is 2. The predicted molar refractivity (Wildman–Crippen MR) is 92.5 cm³/mol. The highest BCUT2D eigenvalue weighted by atomic mass is 35.5. The van der Waals surface area contributed by atoms with E-state index in [1.807, 2.05) is 6.20 Å². The summed E-state index contributed by atoms with van der Waals surface area (Å²) in [6, 6.07) is 2.39. The van der Waals surface area contributed by atoms with Gasteiger partial charge in [0, 0.05) is 30.4 Å². The van der Waals surface area contributed by atoms with Gasteiger partial charge in [0.15, 0.2) is 0 Å². The summed E-state index contributed by atoms with van der Waals surface area (Å²) in [5.74, 6) is 0.252. The fourth-order valence-electron chi connectivity index (χ4n) is 3.37. The Balaban J connectivity index is 0.00000121. The second-order valence-electron chi connectivity index (χ2n) is 6.14. The Morgan fingerprint density at radius 2 is 2.09 bits per heavy atom. The molecule has 1 fully saturated rings. The molecule has 4 nitrogen and oxygen atoms in total. The fraction of sp³-hybridized carbons (Fsp3) is 0.625. The van der Waals surface area contributed by atoms with E-state index in [9.17, 15) is 4.79 Å². The molecule has 1 saturated carbocycles. The Hall–Kier alpha value is -0.840. The van der Waals surface area contributed by atoms with Gasteiger partial charge in [-0.3, -0.25) is 9.78 Å². The zero-order chi connectivity index (χ0) is 13.9. The first-order chi connectivity index (χ1) is 9.72. The number of carbonyl (C=O) groups is 1. The summed E-state index contributed by atoms with van der Waals surface area (Å²) in [5.41, 5.74) is 9.64. The molecular weight excluding hydrogens is 321 g/mol.